The second-order valence-corrected chi connectivity index (χ2v) is 6.27. The minimum absolute atomic E-state index is 0.0162. The monoisotopic (exact) mass is 403 g/mol. The molecule has 0 aromatic carbocycles. The maximum atomic E-state index is 11.6. The second-order valence-electron chi connectivity index (χ2n) is 6.27. The fourth-order valence-electron chi connectivity index (χ4n) is 2.45. The Balaban J connectivity index is 3.44. The molecule has 4 N–H and O–H groups in total. The van der Waals surface area contributed by atoms with E-state index >= 15 is 0 Å². The Bertz CT molecular complexity index is 434. The van der Waals surface area contributed by atoms with E-state index in [1.807, 2.05) is 13.8 Å². The van der Waals surface area contributed by atoms with E-state index in [1.165, 1.54) is 0 Å². The summed E-state index contributed by atoms with van der Waals surface area (Å²) >= 11 is 0. The molecular weight excluding hydrogens is 366 g/mol. The lowest BCUT2D eigenvalue weighted by Crippen LogP contribution is -2.31. The zero-order valence-electron chi connectivity index (χ0n) is 17.3. The lowest BCUT2D eigenvalue weighted by molar-refractivity contribution is -0.127. The number of rotatable bonds is 19. The highest BCUT2D eigenvalue weighted by Gasteiger charge is 2.13. The van der Waals surface area contributed by atoms with Gasteiger partial charge in [-0.2, -0.15) is 0 Å². The van der Waals surface area contributed by atoms with Crippen LogP contribution in [0.3, 0.4) is 0 Å². The van der Waals surface area contributed by atoms with E-state index in [4.69, 9.17) is 19.9 Å². The molecule has 164 valence electrons. The third kappa shape index (κ3) is 15.5. The zero-order valence-corrected chi connectivity index (χ0v) is 17.3. The van der Waals surface area contributed by atoms with Crippen LogP contribution in [-0.2, 0) is 28.6 Å². The van der Waals surface area contributed by atoms with Crippen LogP contribution < -0.4 is 16.4 Å². The van der Waals surface area contributed by atoms with Crippen molar-refractivity contribution in [2.75, 3.05) is 59.3 Å². The third-order valence-corrected chi connectivity index (χ3v) is 4.06. The molecule has 0 rings (SSSR count). The standard InChI is InChI=1S/C19H37N3O6/c1-3-16(17(23)13-20)7-5-6-8-21-19(25)15-28-12-11-27-10-9-22-18(24)14-26-4-2/h16H,3-15,20H2,1-2H3,(H,21,25)(H,22,24)/t16-/m0/s1. The lowest BCUT2D eigenvalue weighted by atomic mass is 9.95. The molecule has 9 heteroatoms. The minimum Gasteiger partial charge on any atom is -0.377 e. The topological polar surface area (TPSA) is 129 Å². The van der Waals surface area contributed by atoms with Crippen molar-refractivity contribution in [1.82, 2.24) is 10.6 Å². The van der Waals surface area contributed by atoms with Gasteiger partial charge in [-0.1, -0.05) is 13.3 Å². The molecule has 0 aliphatic rings. The van der Waals surface area contributed by atoms with Crippen LogP contribution in [0.5, 0.6) is 0 Å². The maximum Gasteiger partial charge on any atom is 0.246 e. The van der Waals surface area contributed by atoms with Gasteiger partial charge in [-0.15, -0.1) is 0 Å². The Kier molecular flexibility index (Phi) is 17.8. The highest BCUT2D eigenvalue weighted by atomic mass is 16.5. The predicted octanol–water partition coefficient (Wildman–Crippen LogP) is 0.0128. The fourth-order valence-corrected chi connectivity index (χ4v) is 2.45. The summed E-state index contributed by atoms with van der Waals surface area (Å²) in [5.74, 6) is -0.208. The van der Waals surface area contributed by atoms with Crippen LogP contribution in [-0.4, -0.2) is 76.9 Å². The van der Waals surface area contributed by atoms with Crippen molar-refractivity contribution in [3.05, 3.63) is 0 Å². The Morgan fingerprint density at radius 2 is 1.50 bits per heavy atom. The van der Waals surface area contributed by atoms with Crippen molar-refractivity contribution in [3.8, 4) is 0 Å². The first-order valence-corrected chi connectivity index (χ1v) is 10.0. The Hall–Kier alpha value is -1.55. The van der Waals surface area contributed by atoms with Gasteiger partial charge in [0.2, 0.25) is 11.8 Å². The van der Waals surface area contributed by atoms with Crippen LogP contribution in [0.25, 0.3) is 0 Å². The summed E-state index contributed by atoms with van der Waals surface area (Å²) in [6.45, 7) is 6.45. The number of hydrogen-bond donors (Lipinski definition) is 3. The highest BCUT2D eigenvalue weighted by Crippen LogP contribution is 2.12. The van der Waals surface area contributed by atoms with E-state index < -0.39 is 0 Å². The molecule has 0 aliphatic carbocycles. The first-order valence-electron chi connectivity index (χ1n) is 10.0. The van der Waals surface area contributed by atoms with Gasteiger partial charge in [-0.25, -0.2) is 0 Å². The van der Waals surface area contributed by atoms with Gasteiger partial charge < -0.3 is 30.6 Å². The average molecular weight is 404 g/mol. The molecule has 0 bridgehead atoms. The number of ketones is 1. The van der Waals surface area contributed by atoms with E-state index in [9.17, 15) is 14.4 Å². The van der Waals surface area contributed by atoms with Crippen LogP contribution in [0.15, 0.2) is 0 Å². The van der Waals surface area contributed by atoms with Gasteiger partial charge in [0.05, 0.1) is 26.4 Å². The normalized spacial score (nSPS) is 11.8. The minimum atomic E-state index is -0.173. The summed E-state index contributed by atoms with van der Waals surface area (Å²) in [7, 11) is 0. The average Bonchev–Trinajstić information content (AvgIpc) is 2.70. The van der Waals surface area contributed by atoms with Crippen LogP contribution in [0.4, 0.5) is 0 Å². The molecule has 0 unspecified atom stereocenters. The van der Waals surface area contributed by atoms with Crippen molar-refractivity contribution in [2.24, 2.45) is 11.7 Å². The molecule has 0 radical (unpaired) electrons. The number of Topliss-reactive ketones (excluding diaryl/α,β-unsaturated/α-hetero) is 1. The molecule has 0 aromatic heterocycles. The van der Waals surface area contributed by atoms with Gasteiger partial charge >= 0.3 is 0 Å². The lowest BCUT2D eigenvalue weighted by Gasteiger charge is -2.12. The van der Waals surface area contributed by atoms with Gasteiger partial charge in [0.1, 0.15) is 19.0 Å². The van der Waals surface area contributed by atoms with E-state index in [0.717, 1.165) is 25.7 Å². The molecule has 2 amide bonds. The van der Waals surface area contributed by atoms with Crippen molar-refractivity contribution < 1.29 is 28.6 Å². The van der Waals surface area contributed by atoms with Gasteiger partial charge in [-0.3, -0.25) is 14.4 Å². The number of carbonyl (C=O) groups excluding carboxylic acids is 3. The van der Waals surface area contributed by atoms with Crippen LogP contribution in [0, 0.1) is 5.92 Å². The molecular formula is C19H37N3O6. The Labute approximate surface area is 168 Å². The van der Waals surface area contributed by atoms with E-state index in [2.05, 4.69) is 10.6 Å². The number of carbonyl (C=O) groups is 3. The number of ether oxygens (including phenoxy) is 3. The van der Waals surface area contributed by atoms with E-state index in [1.54, 1.807) is 0 Å². The molecule has 0 fully saturated rings. The molecule has 0 aromatic rings. The Morgan fingerprint density at radius 1 is 0.857 bits per heavy atom. The van der Waals surface area contributed by atoms with Gasteiger partial charge in [0, 0.05) is 25.6 Å². The fraction of sp³-hybridized carbons (Fsp3) is 0.842. The molecule has 0 saturated carbocycles. The Morgan fingerprint density at radius 3 is 2.14 bits per heavy atom. The first-order chi connectivity index (χ1) is 13.5. The third-order valence-electron chi connectivity index (χ3n) is 4.06. The second kappa shape index (κ2) is 18.8. The number of unbranched alkanes of at least 4 members (excludes halogenated alkanes) is 1. The summed E-state index contributed by atoms with van der Waals surface area (Å²) in [5.41, 5.74) is 5.39. The molecule has 0 spiro atoms. The number of nitrogens with two attached hydrogens (primary N) is 1. The largest absolute Gasteiger partial charge is 0.377 e. The summed E-state index contributed by atoms with van der Waals surface area (Å²) in [6, 6.07) is 0. The molecule has 1 atom stereocenters. The summed E-state index contributed by atoms with van der Waals surface area (Å²) in [5, 5.41) is 5.45. The molecule has 0 aliphatic heterocycles. The maximum absolute atomic E-state index is 11.6. The van der Waals surface area contributed by atoms with Crippen molar-refractivity contribution >= 4 is 17.6 Å². The summed E-state index contributed by atoms with van der Waals surface area (Å²) in [4.78, 5) is 34.5. The van der Waals surface area contributed by atoms with E-state index in [-0.39, 0.29) is 43.3 Å². The van der Waals surface area contributed by atoms with E-state index in [0.29, 0.717) is 39.5 Å². The zero-order chi connectivity index (χ0) is 21.0. The van der Waals surface area contributed by atoms with Crippen LogP contribution >= 0.6 is 0 Å². The number of hydrogen-bond acceptors (Lipinski definition) is 7. The van der Waals surface area contributed by atoms with Crippen molar-refractivity contribution in [3.63, 3.8) is 0 Å². The highest BCUT2D eigenvalue weighted by molar-refractivity contribution is 5.82. The van der Waals surface area contributed by atoms with Gasteiger partial charge in [0.15, 0.2) is 0 Å². The predicted molar refractivity (Wildman–Crippen MR) is 106 cm³/mol. The van der Waals surface area contributed by atoms with Crippen LogP contribution in [0.1, 0.15) is 39.5 Å². The molecule has 9 nitrogen and oxygen atoms in total. The smallest absolute Gasteiger partial charge is 0.246 e. The molecule has 28 heavy (non-hydrogen) atoms. The van der Waals surface area contributed by atoms with Gasteiger partial charge in [0.25, 0.3) is 0 Å². The van der Waals surface area contributed by atoms with Crippen molar-refractivity contribution in [2.45, 2.75) is 39.5 Å². The summed E-state index contributed by atoms with van der Waals surface area (Å²) < 4.78 is 15.5. The SMILES string of the molecule is CCOCC(=O)NCCOCCOCC(=O)NCCCC[C@H](CC)C(=O)CN. The first kappa shape index (κ1) is 26.4. The molecule has 0 heterocycles. The van der Waals surface area contributed by atoms with Crippen LogP contribution in [0.2, 0.25) is 0 Å². The van der Waals surface area contributed by atoms with Crippen molar-refractivity contribution in [1.29, 1.82) is 0 Å². The molecule has 0 saturated heterocycles. The number of nitrogens with one attached hydrogen (secondary N) is 2. The van der Waals surface area contributed by atoms with Gasteiger partial charge in [-0.05, 0) is 26.2 Å². The number of amides is 2. The quantitative estimate of drug-likeness (QED) is 0.259. The summed E-state index contributed by atoms with van der Waals surface area (Å²) in [6.07, 6.45) is 3.30.